The van der Waals surface area contributed by atoms with Crippen molar-refractivity contribution in [1.29, 1.82) is 0 Å². The van der Waals surface area contributed by atoms with E-state index in [1.807, 2.05) is 12.1 Å². The van der Waals surface area contributed by atoms with Crippen molar-refractivity contribution < 1.29 is 9.53 Å². The van der Waals surface area contributed by atoms with Gasteiger partial charge in [0.05, 0.1) is 12.7 Å². The maximum atomic E-state index is 12.2. The molecule has 0 saturated heterocycles. The molecule has 0 aliphatic rings. The highest BCUT2D eigenvalue weighted by Crippen LogP contribution is 2.18. The fourth-order valence-electron chi connectivity index (χ4n) is 4.95. The van der Waals surface area contributed by atoms with E-state index >= 15 is 0 Å². The highest BCUT2D eigenvalue weighted by atomic mass is 16.5. The van der Waals surface area contributed by atoms with Gasteiger partial charge in [0.1, 0.15) is 0 Å². The molecule has 0 aliphatic heterocycles. The van der Waals surface area contributed by atoms with Crippen molar-refractivity contribution in [2.45, 2.75) is 89.9 Å². The van der Waals surface area contributed by atoms with Crippen LogP contribution in [0.1, 0.15) is 96.8 Å². The maximum absolute atomic E-state index is 12.2. The molecule has 0 unspecified atom stereocenters. The standard InChI is InChI=1S/C34H44O2/c1-36-34(35)33-27-31(24-12-6-2-4-10-18-29-20-14-8-15-21-29)26-32(28-33)25-13-7-3-5-11-19-30-22-16-9-17-23-30/h8-9,14-17,20-23,26-28H,2-7,10-13,18-19,24-25H2,1H3. The van der Waals surface area contributed by atoms with Crippen molar-refractivity contribution >= 4 is 5.97 Å². The van der Waals surface area contributed by atoms with Gasteiger partial charge < -0.3 is 4.74 Å². The summed E-state index contributed by atoms with van der Waals surface area (Å²) in [6, 6.07) is 27.9. The van der Waals surface area contributed by atoms with Crippen LogP contribution in [-0.4, -0.2) is 13.1 Å². The minimum atomic E-state index is -0.222. The molecule has 0 amide bonds. The van der Waals surface area contributed by atoms with Crippen molar-refractivity contribution in [1.82, 2.24) is 0 Å². The summed E-state index contributed by atoms with van der Waals surface area (Å²) in [6.07, 6.45) is 16.9. The van der Waals surface area contributed by atoms with Crippen LogP contribution in [-0.2, 0) is 30.4 Å². The summed E-state index contributed by atoms with van der Waals surface area (Å²) in [5.74, 6) is -0.222. The fraction of sp³-hybridized carbons (Fsp3) is 0.441. The molecule has 0 fully saturated rings. The highest BCUT2D eigenvalue weighted by Gasteiger charge is 2.09. The third kappa shape index (κ3) is 10.8. The number of ether oxygens (including phenoxy) is 1. The molecule has 0 atom stereocenters. The van der Waals surface area contributed by atoms with Crippen LogP contribution in [0.4, 0.5) is 0 Å². The Hall–Kier alpha value is -2.87. The molecule has 0 saturated carbocycles. The van der Waals surface area contributed by atoms with Crippen molar-refractivity contribution in [3.63, 3.8) is 0 Å². The van der Waals surface area contributed by atoms with Gasteiger partial charge >= 0.3 is 5.97 Å². The number of carbonyl (C=O) groups excluding carboxylic acids is 1. The van der Waals surface area contributed by atoms with Gasteiger partial charge in [-0.2, -0.15) is 0 Å². The van der Waals surface area contributed by atoms with Crippen LogP contribution in [0.2, 0.25) is 0 Å². The molecule has 0 aromatic heterocycles. The Morgan fingerprint density at radius 1 is 0.500 bits per heavy atom. The van der Waals surface area contributed by atoms with Gasteiger partial charge in [0.2, 0.25) is 0 Å². The van der Waals surface area contributed by atoms with Crippen LogP contribution in [0.15, 0.2) is 78.9 Å². The monoisotopic (exact) mass is 484 g/mol. The molecule has 0 spiro atoms. The number of hydrogen-bond acceptors (Lipinski definition) is 2. The van der Waals surface area contributed by atoms with Gasteiger partial charge in [-0.25, -0.2) is 4.79 Å². The fourth-order valence-corrected chi connectivity index (χ4v) is 4.95. The first kappa shape index (κ1) is 27.7. The highest BCUT2D eigenvalue weighted by molar-refractivity contribution is 5.89. The van der Waals surface area contributed by atoms with Crippen molar-refractivity contribution in [3.05, 3.63) is 107 Å². The zero-order valence-electron chi connectivity index (χ0n) is 22.2. The van der Waals surface area contributed by atoms with Crippen LogP contribution in [0.3, 0.4) is 0 Å². The van der Waals surface area contributed by atoms with Gasteiger partial charge in [0.25, 0.3) is 0 Å². The number of unbranched alkanes of at least 4 members (excludes halogenated alkanes) is 8. The van der Waals surface area contributed by atoms with Crippen LogP contribution < -0.4 is 0 Å². The Balaban J connectivity index is 1.34. The molecule has 2 nitrogen and oxygen atoms in total. The van der Waals surface area contributed by atoms with Gasteiger partial charge in [0.15, 0.2) is 0 Å². The molecule has 0 bridgehead atoms. The predicted octanol–water partition coefficient (Wildman–Crippen LogP) is 8.94. The maximum Gasteiger partial charge on any atom is 0.337 e. The first-order valence-electron chi connectivity index (χ1n) is 14.0. The molecule has 2 heteroatoms. The van der Waals surface area contributed by atoms with Gasteiger partial charge in [-0.1, -0.05) is 105 Å². The average Bonchev–Trinajstić information content (AvgIpc) is 2.92. The number of benzene rings is 3. The Kier molecular flexibility index (Phi) is 12.9. The van der Waals surface area contributed by atoms with Crippen molar-refractivity contribution in [2.24, 2.45) is 0 Å². The third-order valence-corrected chi connectivity index (χ3v) is 7.02. The number of hydrogen-bond donors (Lipinski definition) is 0. The number of esters is 1. The third-order valence-electron chi connectivity index (χ3n) is 7.02. The first-order valence-corrected chi connectivity index (χ1v) is 14.0. The van der Waals surface area contributed by atoms with E-state index in [-0.39, 0.29) is 5.97 Å². The Morgan fingerprint density at radius 3 is 1.25 bits per heavy atom. The molecular weight excluding hydrogens is 440 g/mol. The zero-order chi connectivity index (χ0) is 25.3. The second-order valence-corrected chi connectivity index (χ2v) is 10.0. The molecule has 3 rings (SSSR count). The summed E-state index contributed by atoms with van der Waals surface area (Å²) in [6.45, 7) is 0. The molecule has 0 aliphatic carbocycles. The summed E-state index contributed by atoms with van der Waals surface area (Å²) in [4.78, 5) is 12.2. The van der Waals surface area contributed by atoms with E-state index in [1.54, 1.807) is 0 Å². The first-order chi connectivity index (χ1) is 17.7. The number of carbonyl (C=O) groups is 1. The Labute approximate surface area is 219 Å². The second-order valence-electron chi connectivity index (χ2n) is 10.0. The van der Waals surface area contributed by atoms with Crippen LogP contribution in [0.5, 0.6) is 0 Å². The summed E-state index contributed by atoms with van der Waals surface area (Å²) in [5, 5.41) is 0. The lowest BCUT2D eigenvalue weighted by Crippen LogP contribution is -2.04. The molecule has 0 N–H and O–H groups in total. The van der Waals surface area contributed by atoms with Gasteiger partial charge in [-0.15, -0.1) is 0 Å². The molecule has 192 valence electrons. The van der Waals surface area contributed by atoms with Crippen LogP contribution in [0, 0.1) is 0 Å². The lowest BCUT2D eigenvalue weighted by Gasteiger charge is -2.10. The minimum absolute atomic E-state index is 0.222. The van der Waals surface area contributed by atoms with Crippen molar-refractivity contribution in [2.75, 3.05) is 7.11 Å². The van der Waals surface area contributed by atoms with Gasteiger partial charge in [-0.3, -0.25) is 0 Å². The minimum Gasteiger partial charge on any atom is -0.465 e. The molecule has 0 heterocycles. The lowest BCUT2D eigenvalue weighted by atomic mass is 9.97. The van der Waals surface area contributed by atoms with E-state index in [0.29, 0.717) is 5.56 Å². The van der Waals surface area contributed by atoms with Gasteiger partial charge in [0, 0.05) is 0 Å². The smallest absolute Gasteiger partial charge is 0.337 e. The van der Waals surface area contributed by atoms with E-state index < -0.39 is 0 Å². The zero-order valence-corrected chi connectivity index (χ0v) is 22.2. The number of aryl methyl sites for hydroxylation is 4. The normalized spacial score (nSPS) is 10.9. The summed E-state index contributed by atoms with van der Waals surface area (Å²) >= 11 is 0. The summed E-state index contributed by atoms with van der Waals surface area (Å²) < 4.78 is 5.02. The predicted molar refractivity (Wildman–Crippen MR) is 152 cm³/mol. The van der Waals surface area contributed by atoms with Crippen LogP contribution >= 0.6 is 0 Å². The SMILES string of the molecule is COC(=O)c1cc(CCCCCCCc2ccccc2)cc(CCCCCCCc2ccccc2)c1. The topological polar surface area (TPSA) is 26.3 Å². The molecule has 0 radical (unpaired) electrons. The van der Waals surface area contributed by atoms with Crippen LogP contribution in [0.25, 0.3) is 0 Å². The number of rotatable bonds is 17. The summed E-state index contributed by atoms with van der Waals surface area (Å²) in [7, 11) is 1.47. The van der Waals surface area contributed by atoms with E-state index in [2.05, 4.69) is 66.7 Å². The van der Waals surface area contributed by atoms with E-state index in [1.165, 1.54) is 106 Å². The Bertz CT molecular complexity index is 922. The largest absolute Gasteiger partial charge is 0.465 e. The molecule has 36 heavy (non-hydrogen) atoms. The molecule has 3 aromatic rings. The lowest BCUT2D eigenvalue weighted by molar-refractivity contribution is 0.0600. The molecular formula is C34H44O2. The molecule has 3 aromatic carbocycles. The second kappa shape index (κ2) is 16.7. The summed E-state index contributed by atoms with van der Waals surface area (Å²) in [5.41, 5.74) is 6.14. The van der Waals surface area contributed by atoms with E-state index in [0.717, 1.165) is 12.8 Å². The van der Waals surface area contributed by atoms with E-state index in [4.69, 9.17) is 4.74 Å². The van der Waals surface area contributed by atoms with Crippen molar-refractivity contribution in [3.8, 4) is 0 Å². The van der Waals surface area contributed by atoms with E-state index in [9.17, 15) is 4.79 Å². The average molecular weight is 485 g/mol. The quantitative estimate of drug-likeness (QED) is 0.141. The Morgan fingerprint density at radius 2 is 0.861 bits per heavy atom. The number of methoxy groups -OCH3 is 1. The van der Waals surface area contributed by atoms with Gasteiger partial charge in [-0.05, 0) is 85.8 Å².